The third-order valence-electron chi connectivity index (χ3n) is 2.52. The molecule has 0 bridgehead atoms. The molecule has 5 nitrogen and oxygen atoms in total. The van der Waals surface area contributed by atoms with Gasteiger partial charge in [0.1, 0.15) is 5.76 Å². The molecule has 6 heteroatoms. The van der Waals surface area contributed by atoms with Gasteiger partial charge in [0.25, 0.3) is 0 Å². The van der Waals surface area contributed by atoms with Crippen LogP contribution < -0.4 is 10.5 Å². The van der Waals surface area contributed by atoms with Crippen molar-refractivity contribution in [1.29, 1.82) is 0 Å². The number of furan rings is 1. The van der Waals surface area contributed by atoms with Gasteiger partial charge in [0.15, 0.2) is 0 Å². The van der Waals surface area contributed by atoms with Gasteiger partial charge >= 0.3 is 0 Å². The Bertz CT molecular complexity index is 708. The minimum atomic E-state index is -3.56. The zero-order valence-corrected chi connectivity index (χ0v) is 11.5. The molecule has 0 fully saturated rings. The van der Waals surface area contributed by atoms with Crippen molar-refractivity contribution >= 4 is 10.0 Å². The van der Waals surface area contributed by atoms with Gasteiger partial charge in [-0.15, -0.1) is 0 Å². The van der Waals surface area contributed by atoms with Crippen LogP contribution in [-0.2, 0) is 16.6 Å². The van der Waals surface area contributed by atoms with Gasteiger partial charge in [0.05, 0.1) is 24.2 Å². The van der Waals surface area contributed by atoms with Gasteiger partial charge in [0.2, 0.25) is 10.0 Å². The SMILES string of the molecule is NCC#Cc1ccc(S(=O)(=O)NCc2ccco2)cc1. The van der Waals surface area contributed by atoms with Crippen molar-refractivity contribution in [3.63, 3.8) is 0 Å². The maximum Gasteiger partial charge on any atom is 0.240 e. The minimum absolute atomic E-state index is 0.115. The average molecular weight is 290 g/mol. The number of rotatable bonds is 4. The molecule has 0 spiro atoms. The van der Waals surface area contributed by atoms with Crippen molar-refractivity contribution in [2.75, 3.05) is 6.54 Å². The summed E-state index contributed by atoms with van der Waals surface area (Å²) in [6.07, 6.45) is 1.49. The van der Waals surface area contributed by atoms with Crippen LogP contribution in [0.3, 0.4) is 0 Å². The van der Waals surface area contributed by atoms with E-state index in [9.17, 15) is 8.42 Å². The second-order valence-electron chi connectivity index (χ2n) is 3.93. The zero-order chi connectivity index (χ0) is 14.4. The van der Waals surface area contributed by atoms with E-state index in [2.05, 4.69) is 16.6 Å². The third-order valence-corrected chi connectivity index (χ3v) is 3.93. The lowest BCUT2D eigenvalue weighted by Crippen LogP contribution is -2.22. The van der Waals surface area contributed by atoms with Gasteiger partial charge < -0.3 is 10.2 Å². The van der Waals surface area contributed by atoms with Crippen LogP contribution in [0.4, 0.5) is 0 Å². The van der Waals surface area contributed by atoms with Crippen LogP contribution in [0.2, 0.25) is 0 Å². The first kappa shape index (κ1) is 14.3. The summed E-state index contributed by atoms with van der Waals surface area (Å²) >= 11 is 0. The molecular weight excluding hydrogens is 276 g/mol. The molecule has 2 rings (SSSR count). The van der Waals surface area contributed by atoms with E-state index < -0.39 is 10.0 Å². The zero-order valence-electron chi connectivity index (χ0n) is 10.7. The molecule has 20 heavy (non-hydrogen) atoms. The molecule has 0 saturated heterocycles. The Hall–Kier alpha value is -2.07. The summed E-state index contributed by atoms with van der Waals surface area (Å²) in [6, 6.07) is 9.70. The summed E-state index contributed by atoms with van der Waals surface area (Å²) in [4.78, 5) is 0.183. The van der Waals surface area contributed by atoms with E-state index in [0.717, 1.165) is 5.56 Å². The van der Waals surface area contributed by atoms with E-state index in [1.807, 2.05) is 0 Å². The van der Waals surface area contributed by atoms with Crippen LogP contribution in [0, 0.1) is 11.8 Å². The number of sulfonamides is 1. The number of hydrogen-bond donors (Lipinski definition) is 2. The van der Waals surface area contributed by atoms with Gasteiger partial charge in [-0.3, -0.25) is 0 Å². The lowest BCUT2D eigenvalue weighted by molar-refractivity contribution is 0.498. The maximum atomic E-state index is 12.0. The molecule has 3 N–H and O–H groups in total. The van der Waals surface area contributed by atoms with E-state index in [4.69, 9.17) is 10.2 Å². The van der Waals surface area contributed by atoms with Gasteiger partial charge in [-0.1, -0.05) is 11.8 Å². The van der Waals surface area contributed by atoms with Crippen LogP contribution in [-0.4, -0.2) is 15.0 Å². The first-order chi connectivity index (χ1) is 9.62. The lowest BCUT2D eigenvalue weighted by Gasteiger charge is -2.05. The molecule has 0 atom stereocenters. The number of benzene rings is 1. The minimum Gasteiger partial charge on any atom is -0.468 e. The third kappa shape index (κ3) is 3.71. The molecule has 1 aromatic heterocycles. The largest absolute Gasteiger partial charge is 0.468 e. The smallest absolute Gasteiger partial charge is 0.240 e. The number of nitrogens with two attached hydrogens (primary N) is 1. The average Bonchev–Trinajstić information content (AvgIpc) is 2.97. The first-order valence-corrected chi connectivity index (χ1v) is 7.41. The fraction of sp³-hybridized carbons (Fsp3) is 0.143. The number of nitrogens with one attached hydrogen (secondary N) is 1. The lowest BCUT2D eigenvalue weighted by atomic mass is 10.2. The molecule has 0 unspecified atom stereocenters. The fourth-order valence-electron chi connectivity index (χ4n) is 1.53. The van der Waals surface area contributed by atoms with Crippen molar-refractivity contribution in [3.05, 3.63) is 54.0 Å². The van der Waals surface area contributed by atoms with Gasteiger partial charge in [-0.05, 0) is 36.4 Å². The van der Waals surface area contributed by atoms with Crippen molar-refractivity contribution in [3.8, 4) is 11.8 Å². The highest BCUT2D eigenvalue weighted by atomic mass is 32.2. The predicted molar refractivity (Wildman–Crippen MR) is 75.1 cm³/mol. The Kier molecular flexibility index (Phi) is 4.58. The standard InChI is InChI=1S/C14H14N2O3S/c15-9-1-3-12-5-7-14(8-6-12)20(17,18)16-11-13-4-2-10-19-13/h2,4-8,10,16H,9,11,15H2. The second kappa shape index (κ2) is 6.39. The molecule has 0 saturated carbocycles. The summed E-state index contributed by atoms with van der Waals surface area (Å²) in [5.41, 5.74) is 6.00. The number of hydrogen-bond acceptors (Lipinski definition) is 4. The Morgan fingerprint density at radius 3 is 2.55 bits per heavy atom. The van der Waals surface area contributed by atoms with E-state index >= 15 is 0 Å². The van der Waals surface area contributed by atoms with Gasteiger partial charge in [-0.2, -0.15) is 0 Å². The van der Waals surface area contributed by atoms with Gasteiger partial charge in [-0.25, -0.2) is 13.1 Å². The van der Waals surface area contributed by atoms with Crippen molar-refractivity contribution < 1.29 is 12.8 Å². The quantitative estimate of drug-likeness (QED) is 0.825. The molecule has 0 aliphatic heterocycles. The Balaban J connectivity index is 2.09. The van der Waals surface area contributed by atoms with Crippen LogP contribution >= 0.6 is 0 Å². The molecule has 1 aromatic carbocycles. The van der Waals surface area contributed by atoms with Crippen LogP contribution in [0.1, 0.15) is 11.3 Å². The fourth-order valence-corrected chi connectivity index (χ4v) is 2.53. The summed E-state index contributed by atoms with van der Waals surface area (Å²) in [5.74, 6) is 6.09. The Morgan fingerprint density at radius 2 is 1.95 bits per heavy atom. The van der Waals surface area contributed by atoms with E-state index in [0.29, 0.717) is 5.76 Å². The molecule has 1 heterocycles. The second-order valence-corrected chi connectivity index (χ2v) is 5.70. The highest BCUT2D eigenvalue weighted by Crippen LogP contribution is 2.11. The van der Waals surface area contributed by atoms with Crippen molar-refractivity contribution in [2.45, 2.75) is 11.4 Å². The first-order valence-electron chi connectivity index (χ1n) is 5.93. The Labute approximate surface area is 117 Å². The highest BCUT2D eigenvalue weighted by Gasteiger charge is 2.13. The van der Waals surface area contributed by atoms with Crippen LogP contribution in [0.15, 0.2) is 52.0 Å². The summed E-state index contributed by atoms with van der Waals surface area (Å²) in [5, 5.41) is 0. The summed E-state index contributed by atoms with van der Waals surface area (Å²) in [6.45, 7) is 0.384. The van der Waals surface area contributed by atoms with E-state index in [-0.39, 0.29) is 18.0 Å². The van der Waals surface area contributed by atoms with Crippen molar-refractivity contribution in [2.24, 2.45) is 5.73 Å². The molecule has 2 aromatic rings. The van der Waals surface area contributed by atoms with E-state index in [1.165, 1.54) is 18.4 Å². The Morgan fingerprint density at radius 1 is 1.20 bits per heavy atom. The molecule has 104 valence electrons. The predicted octanol–water partition coefficient (Wildman–Crippen LogP) is 1.07. The molecule has 0 radical (unpaired) electrons. The normalized spacial score (nSPS) is 10.8. The molecule has 0 amide bonds. The summed E-state index contributed by atoms with van der Waals surface area (Å²) < 4.78 is 31.6. The van der Waals surface area contributed by atoms with E-state index in [1.54, 1.807) is 24.3 Å². The monoisotopic (exact) mass is 290 g/mol. The topological polar surface area (TPSA) is 85.3 Å². The van der Waals surface area contributed by atoms with Crippen LogP contribution in [0.5, 0.6) is 0 Å². The van der Waals surface area contributed by atoms with Crippen LogP contribution in [0.25, 0.3) is 0 Å². The summed E-state index contributed by atoms with van der Waals surface area (Å²) in [7, 11) is -3.56. The van der Waals surface area contributed by atoms with Crippen molar-refractivity contribution in [1.82, 2.24) is 4.72 Å². The molecule has 0 aliphatic carbocycles. The maximum absolute atomic E-state index is 12.0. The van der Waals surface area contributed by atoms with Gasteiger partial charge in [0, 0.05) is 5.56 Å². The highest BCUT2D eigenvalue weighted by molar-refractivity contribution is 7.89. The molecular formula is C14H14N2O3S. The molecule has 0 aliphatic rings.